The van der Waals surface area contributed by atoms with Gasteiger partial charge in [0.25, 0.3) is 5.91 Å². The maximum absolute atomic E-state index is 11.0. The van der Waals surface area contributed by atoms with E-state index in [0.717, 1.165) is 5.03 Å². The lowest BCUT2D eigenvalue weighted by atomic mass is 10.2. The average molecular weight is 185 g/mol. The molecule has 2 N–H and O–H groups in total. The highest BCUT2D eigenvalue weighted by Gasteiger charge is 2.16. The van der Waals surface area contributed by atoms with Crippen molar-refractivity contribution in [3.63, 3.8) is 0 Å². The van der Waals surface area contributed by atoms with E-state index in [9.17, 15) is 4.79 Å². The van der Waals surface area contributed by atoms with Crippen LogP contribution in [0.1, 0.15) is 16.1 Å². The van der Waals surface area contributed by atoms with Crippen molar-refractivity contribution in [1.29, 1.82) is 0 Å². The minimum Gasteiger partial charge on any atom is -0.365 e. The predicted octanol–water partition coefficient (Wildman–Crippen LogP) is 0.549. The summed E-state index contributed by atoms with van der Waals surface area (Å²) in [6.07, 6.45) is 1.89. The molecule has 0 saturated heterocycles. The number of nitrogens with zero attached hydrogens (tertiary/aromatic N) is 2. The number of hydrogen-bond donors (Lipinski definition) is 1. The van der Waals surface area contributed by atoms with Crippen molar-refractivity contribution in [2.75, 3.05) is 6.26 Å². The van der Waals surface area contributed by atoms with Crippen LogP contribution < -0.4 is 5.73 Å². The van der Waals surface area contributed by atoms with E-state index in [2.05, 4.69) is 5.10 Å². The van der Waals surface area contributed by atoms with Gasteiger partial charge in [-0.05, 0) is 13.2 Å². The minimum absolute atomic E-state index is 0.412. The molecule has 0 aliphatic rings. The first-order valence-electron chi connectivity index (χ1n) is 3.45. The lowest BCUT2D eigenvalue weighted by Gasteiger charge is -1.97. The fraction of sp³-hybridized carbons (Fsp3) is 0.429. The molecular weight excluding hydrogens is 174 g/mol. The molecule has 1 heterocycles. The van der Waals surface area contributed by atoms with Gasteiger partial charge in [-0.2, -0.15) is 5.10 Å². The molecule has 0 aromatic carbocycles. The Morgan fingerprint density at radius 1 is 1.67 bits per heavy atom. The van der Waals surface area contributed by atoms with Gasteiger partial charge < -0.3 is 5.73 Å². The van der Waals surface area contributed by atoms with Gasteiger partial charge in [0.2, 0.25) is 0 Å². The maximum Gasteiger partial charge on any atom is 0.253 e. The Bertz CT molecular complexity index is 319. The second-order valence-corrected chi connectivity index (χ2v) is 3.25. The lowest BCUT2D eigenvalue weighted by Crippen LogP contribution is -2.12. The summed E-state index contributed by atoms with van der Waals surface area (Å²) in [5.74, 6) is -0.412. The molecule has 1 aromatic rings. The molecule has 0 aliphatic heterocycles. The van der Waals surface area contributed by atoms with Gasteiger partial charge in [-0.25, -0.2) is 0 Å². The van der Waals surface area contributed by atoms with Gasteiger partial charge in [-0.1, -0.05) is 0 Å². The molecule has 0 atom stereocenters. The summed E-state index contributed by atoms with van der Waals surface area (Å²) in [6, 6.07) is 0. The molecular formula is C7H11N3OS. The van der Waals surface area contributed by atoms with Crippen LogP contribution in [-0.4, -0.2) is 21.9 Å². The maximum atomic E-state index is 11.0. The van der Waals surface area contributed by atoms with Crippen LogP contribution in [0.2, 0.25) is 0 Å². The van der Waals surface area contributed by atoms with Crippen molar-refractivity contribution >= 4 is 17.7 Å². The Morgan fingerprint density at radius 2 is 2.25 bits per heavy atom. The third-order valence-corrected chi connectivity index (χ3v) is 2.46. The summed E-state index contributed by atoms with van der Waals surface area (Å²) in [6.45, 7) is 1.78. The highest BCUT2D eigenvalue weighted by Crippen LogP contribution is 2.21. The highest BCUT2D eigenvalue weighted by molar-refractivity contribution is 7.98. The molecule has 0 radical (unpaired) electrons. The van der Waals surface area contributed by atoms with Crippen molar-refractivity contribution in [2.24, 2.45) is 12.8 Å². The number of amides is 1. The number of aromatic nitrogens is 2. The number of carbonyl (C=O) groups is 1. The van der Waals surface area contributed by atoms with Crippen LogP contribution in [0.25, 0.3) is 0 Å². The van der Waals surface area contributed by atoms with Crippen molar-refractivity contribution < 1.29 is 4.79 Å². The molecule has 66 valence electrons. The molecule has 0 aliphatic carbocycles. The summed E-state index contributed by atoms with van der Waals surface area (Å²) in [5.41, 5.74) is 6.42. The Hall–Kier alpha value is -0.970. The Balaban J connectivity index is 3.32. The van der Waals surface area contributed by atoms with Crippen LogP contribution in [0.3, 0.4) is 0 Å². The smallest absolute Gasteiger partial charge is 0.253 e. The number of primary amides is 1. The second-order valence-electron chi connectivity index (χ2n) is 2.46. The molecule has 12 heavy (non-hydrogen) atoms. The quantitative estimate of drug-likeness (QED) is 0.684. The minimum atomic E-state index is -0.412. The molecule has 5 heteroatoms. The highest BCUT2D eigenvalue weighted by atomic mass is 32.2. The summed E-state index contributed by atoms with van der Waals surface area (Å²) in [7, 11) is 1.80. The summed E-state index contributed by atoms with van der Waals surface area (Å²) >= 11 is 1.47. The molecule has 0 fully saturated rings. The molecule has 1 rings (SSSR count). The van der Waals surface area contributed by atoms with Crippen molar-refractivity contribution in [2.45, 2.75) is 11.9 Å². The Labute approximate surface area is 75.1 Å². The van der Waals surface area contributed by atoms with E-state index in [4.69, 9.17) is 5.73 Å². The third kappa shape index (κ3) is 1.32. The van der Waals surface area contributed by atoms with Gasteiger partial charge in [-0.3, -0.25) is 9.48 Å². The number of rotatable bonds is 2. The Morgan fingerprint density at radius 3 is 2.58 bits per heavy atom. The number of carbonyl (C=O) groups excluding carboxylic acids is 1. The van der Waals surface area contributed by atoms with E-state index in [-0.39, 0.29) is 0 Å². The molecule has 0 saturated carbocycles. The van der Waals surface area contributed by atoms with Crippen LogP contribution in [-0.2, 0) is 7.05 Å². The zero-order valence-electron chi connectivity index (χ0n) is 7.29. The summed E-state index contributed by atoms with van der Waals surface area (Å²) < 4.78 is 1.67. The Kier molecular flexibility index (Phi) is 2.42. The van der Waals surface area contributed by atoms with Crippen molar-refractivity contribution in [3.8, 4) is 0 Å². The first-order valence-corrected chi connectivity index (χ1v) is 4.67. The van der Waals surface area contributed by atoms with Crippen LogP contribution in [0.5, 0.6) is 0 Å². The molecule has 0 spiro atoms. The van der Waals surface area contributed by atoms with Crippen molar-refractivity contribution in [3.05, 3.63) is 11.3 Å². The van der Waals surface area contributed by atoms with Gasteiger partial charge in [0.1, 0.15) is 5.03 Å². The third-order valence-electron chi connectivity index (χ3n) is 1.61. The number of nitrogens with two attached hydrogens (primary N) is 1. The number of thioether (sulfide) groups is 1. The monoisotopic (exact) mass is 185 g/mol. The van der Waals surface area contributed by atoms with Crippen molar-refractivity contribution in [1.82, 2.24) is 9.78 Å². The van der Waals surface area contributed by atoms with E-state index in [1.165, 1.54) is 11.8 Å². The van der Waals surface area contributed by atoms with Crippen LogP contribution >= 0.6 is 11.8 Å². The fourth-order valence-corrected chi connectivity index (χ4v) is 1.91. The van der Waals surface area contributed by atoms with Crippen LogP contribution in [0.15, 0.2) is 5.03 Å². The van der Waals surface area contributed by atoms with Gasteiger partial charge in [-0.15, -0.1) is 11.8 Å². The standard InChI is InChI=1S/C7H11N3OS/c1-4-5(6(8)11)7(12-3)10(2)9-4/h1-3H3,(H2,8,11). The molecule has 0 bridgehead atoms. The normalized spacial score (nSPS) is 10.2. The zero-order valence-corrected chi connectivity index (χ0v) is 8.10. The summed E-state index contributed by atoms with van der Waals surface area (Å²) in [5, 5.41) is 4.92. The second kappa shape index (κ2) is 3.18. The van der Waals surface area contributed by atoms with Gasteiger partial charge in [0.15, 0.2) is 0 Å². The van der Waals surface area contributed by atoms with Gasteiger partial charge in [0, 0.05) is 7.05 Å². The zero-order chi connectivity index (χ0) is 9.30. The topological polar surface area (TPSA) is 60.9 Å². The first-order chi connectivity index (χ1) is 5.57. The van der Waals surface area contributed by atoms with E-state index in [0.29, 0.717) is 11.3 Å². The van der Waals surface area contributed by atoms with Gasteiger partial charge in [0.05, 0.1) is 11.3 Å². The molecule has 1 amide bonds. The predicted molar refractivity (Wildman–Crippen MR) is 48.2 cm³/mol. The van der Waals surface area contributed by atoms with Crippen LogP contribution in [0.4, 0.5) is 0 Å². The number of aryl methyl sites for hydroxylation is 2. The average Bonchev–Trinajstić information content (AvgIpc) is 2.24. The van der Waals surface area contributed by atoms with Crippen LogP contribution in [0, 0.1) is 6.92 Å². The first kappa shape index (κ1) is 9.12. The van der Waals surface area contributed by atoms with Gasteiger partial charge >= 0.3 is 0 Å². The summed E-state index contributed by atoms with van der Waals surface area (Å²) in [4.78, 5) is 11.0. The SMILES string of the molecule is CSc1c(C(N)=O)c(C)nn1C. The molecule has 0 unspecified atom stereocenters. The lowest BCUT2D eigenvalue weighted by molar-refractivity contribution is 0.0996. The molecule has 4 nitrogen and oxygen atoms in total. The molecule has 1 aromatic heterocycles. The number of hydrogen-bond acceptors (Lipinski definition) is 3. The largest absolute Gasteiger partial charge is 0.365 e. The van der Waals surface area contributed by atoms with E-state index in [1.54, 1.807) is 18.7 Å². The van der Waals surface area contributed by atoms with E-state index < -0.39 is 5.91 Å². The van der Waals surface area contributed by atoms with E-state index in [1.807, 2.05) is 6.26 Å². The fourth-order valence-electron chi connectivity index (χ4n) is 1.15. The van der Waals surface area contributed by atoms with E-state index >= 15 is 0 Å².